The van der Waals surface area contributed by atoms with Crippen molar-refractivity contribution in [2.45, 2.75) is 38.5 Å². The second-order valence-electron chi connectivity index (χ2n) is 2.66. The Morgan fingerprint density at radius 2 is 1.00 bits per heavy atom. The maximum absolute atomic E-state index is 8.61. The van der Waals surface area contributed by atoms with Crippen LogP contribution in [-0.4, -0.2) is 27.1 Å². The maximum atomic E-state index is 8.61. The van der Waals surface area contributed by atoms with Crippen molar-refractivity contribution in [1.29, 1.82) is 0 Å². The number of unbranched alkanes of at least 4 members (excludes halogenated alkanes) is 5. The Balaban J connectivity index is 0. The molecule has 0 heterocycles. The monoisotopic (exact) mass is 227 g/mol. The van der Waals surface area contributed by atoms with Gasteiger partial charge in [-0.3, -0.25) is 0 Å². The second kappa shape index (κ2) is 18.2. The Morgan fingerprint density at radius 1 is 0.769 bits per heavy atom. The minimum atomic E-state index is -1.75. The van der Waals surface area contributed by atoms with Gasteiger partial charge in [0.05, 0.1) is 0 Å². The quantitative estimate of drug-likeness (QED) is 0.440. The van der Waals surface area contributed by atoms with E-state index in [2.05, 4.69) is 0 Å². The summed E-state index contributed by atoms with van der Waals surface area (Å²) in [5, 5.41) is 16.9. The predicted octanol–water partition coefficient (Wildman–Crippen LogP) is 0.633. The summed E-state index contributed by atoms with van der Waals surface area (Å²) in [6, 6.07) is 0. The molecule has 0 aromatic carbocycles. The number of aliphatic hydroxyl groups excluding tert-OH is 2. The zero-order chi connectivity index (χ0) is 10.4. The summed E-state index contributed by atoms with van der Waals surface area (Å²) in [6.07, 6.45) is 6.50. The van der Waals surface area contributed by atoms with Crippen LogP contribution in [0.1, 0.15) is 38.5 Å². The van der Waals surface area contributed by atoms with E-state index in [-0.39, 0.29) is 0 Å². The zero-order valence-corrected chi connectivity index (χ0v) is 9.47. The Labute approximate surface area is 88.7 Å². The van der Waals surface area contributed by atoms with Crippen LogP contribution in [0.4, 0.5) is 0 Å². The van der Waals surface area contributed by atoms with Gasteiger partial charge in [0, 0.05) is 13.2 Å². The average Bonchev–Trinajstić information content (AvgIpc) is 2.13. The van der Waals surface area contributed by atoms with E-state index in [9.17, 15) is 0 Å². The Hall–Kier alpha value is 0.394. The summed E-state index contributed by atoms with van der Waals surface area (Å²) in [6.45, 7) is 0.639. The van der Waals surface area contributed by atoms with E-state index in [1.54, 1.807) is 0 Å². The van der Waals surface area contributed by atoms with Crippen molar-refractivity contribution in [3.05, 3.63) is 0 Å². The molecular formula is C8H19O4Ti. The van der Waals surface area contributed by atoms with Crippen molar-refractivity contribution in [2.75, 3.05) is 13.2 Å². The molecule has 0 atom stereocenters. The molecule has 0 aliphatic heterocycles. The van der Waals surface area contributed by atoms with Crippen molar-refractivity contribution in [2.24, 2.45) is 0 Å². The molecule has 0 unspecified atom stereocenters. The molecule has 0 radical (unpaired) electrons. The zero-order valence-electron chi connectivity index (χ0n) is 7.91. The number of rotatable bonds is 7. The SMILES string of the molecule is OCCCCCCCCO.[O]=[Ti][OH]. The van der Waals surface area contributed by atoms with E-state index in [4.69, 9.17) is 17.2 Å². The van der Waals surface area contributed by atoms with Crippen molar-refractivity contribution < 1.29 is 36.7 Å². The fourth-order valence-corrected chi connectivity index (χ4v) is 0.931. The van der Waals surface area contributed by atoms with E-state index in [0.29, 0.717) is 13.2 Å². The molecule has 0 saturated heterocycles. The third-order valence-electron chi connectivity index (χ3n) is 1.57. The fraction of sp³-hybridized carbons (Fsp3) is 1.00. The molecule has 0 aromatic heterocycles. The van der Waals surface area contributed by atoms with Crippen molar-refractivity contribution in [1.82, 2.24) is 0 Å². The summed E-state index contributed by atoms with van der Waals surface area (Å²) in [5.74, 6) is 0. The number of hydrogen-bond donors (Lipinski definition) is 3. The van der Waals surface area contributed by atoms with Crippen LogP contribution in [0.5, 0.6) is 0 Å². The van der Waals surface area contributed by atoms with Gasteiger partial charge in [-0.1, -0.05) is 25.7 Å². The third kappa shape index (κ3) is 24.5. The van der Waals surface area contributed by atoms with Crippen LogP contribution in [-0.2, 0) is 22.8 Å². The molecule has 0 fully saturated rings. The number of hydrogen-bond acceptors (Lipinski definition) is 3. The summed E-state index contributed by atoms with van der Waals surface area (Å²) in [4.78, 5) is 0. The summed E-state index contributed by atoms with van der Waals surface area (Å²) >= 11 is -1.75. The van der Waals surface area contributed by atoms with Gasteiger partial charge in [-0.2, -0.15) is 0 Å². The Morgan fingerprint density at radius 3 is 1.23 bits per heavy atom. The van der Waals surface area contributed by atoms with Crippen LogP contribution < -0.4 is 0 Å². The molecule has 0 rings (SSSR count). The van der Waals surface area contributed by atoms with E-state index in [0.717, 1.165) is 25.7 Å². The van der Waals surface area contributed by atoms with Gasteiger partial charge in [0.15, 0.2) is 0 Å². The second-order valence-corrected chi connectivity index (χ2v) is 2.94. The summed E-state index contributed by atoms with van der Waals surface area (Å²) < 4.78 is 15.8. The first-order valence-electron chi connectivity index (χ1n) is 4.56. The van der Waals surface area contributed by atoms with E-state index in [1.165, 1.54) is 12.8 Å². The molecule has 0 spiro atoms. The average molecular weight is 227 g/mol. The number of aliphatic hydroxyl groups is 2. The van der Waals surface area contributed by atoms with E-state index >= 15 is 0 Å². The van der Waals surface area contributed by atoms with E-state index in [1.807, 2.05) is 0 Å². The first-order chi connectivity index (χ1) is 6.33. The van der Waals surface area contributed by atoms with Crippen molar-refractivity contribution in [3.8, 4) is 0 Å². The molecule has 0 amide bonds. The van der Waals surface area contributed by atoms with Crippen LogP contribution in [0.25, 0.3) is 0 Å². The van der Waals surface area contributed by atoms with Crippen molar-refractivity contribution >= 4 is 0 Å². The first kappa shape index (κ1) is 15.8. The van der Waals surface area contributed by atoms with Gasteiger partial charge in [0.1, 0.15) is 0 Å². The normalized spacial score (nSPS) is 8.54. The van der Waals surface area contributed by atoms with Gasteiger partial charge in [0.25, 0.3) is 0 Å². The van der Waals surface area contributed by atoms with Crippen LogP contribution in [0.15, 0.2) is 0 Å². The topological polar surface area (TPSA) is 77.8 Å². The standard InChI is InChI=1S/C8H18O2.H2O.O.Ti/c9-7-5-3-1-2-4-6-8-10;;;/h9-10H,1-8H2;1H2;;/q;;;+1/p-1. The predicted molar refractivity (Wildman–Crippen MR) is 44.8 cm³/mol. The molecule has 0 aliphatic rings. The van der Waals surface area contributed by atoms with Crippen LogP contribution in [0, 0.1) is 0 Å². The van der Waals surface area contributed by atoms with Gasteiger partial charge < -0.3 is 10.2 Å². The van der Waals surface area contributed by atoms with Gasteiger partial charge >= 0.3 is 26.5 Å². The fourth-order valence-electron chi connectivity index (χ4n) is 0.931. The molecule has 0 bridgehead atoms. The van der Waals surface area contributed by atoms with Crippen LogP contribution >= 0.6 is 0 Å². The van der Waals surface area contributed by atoms with Gasteiger partial charge in [0.2, 0.25) is 0 Å². The molecular weight excluding hydrogens is 208 g/mol. The van der Waals surface area contributed by atoms with Gasteiger partial charge in [-0.25, -0.2) is 0 Å². The molecule has 13 heavy (non-hydrogen) atoms. The Bertz CT molecular complexity index is 82.2. The summed E-state index contributed by atoms with van der Waals surface area (Å²) in [5.41, 5.74) is 0. The van der Waals surface area contributed by atoms with Crippen LogP contribution in [0.2, 0.25) is 0 Å². The molecule has 0 saturated carbocycles. The molecule has 5 heteroatoms. The van der Waals surface area contributed by atoms with Crippen molar-refractivity contribution in [3.63, 3.8) is 0 Å². The van der Waals surface area contributed by atoms with Gasteiger partial charge in [-0.15, -0.1) is 0 Å². The molecule has 0 aromatic rings. The summed E-state index contributed by atoms with van der Waals surface area (Å²) in [7, 11) is 0. The molecule has 0 aliphatic carbocycles. The van der Waals surface area contributed by atoms with Crippen LogP contribution in [0.3, 0.4) is 0 Å². The first-order valence-corrected chi connectivity index (χ1v) is 5.90. The Kier molecular flexibility index (Phi) is 22.2. The third-order valence-corrected chi connectivity index (χ3v) is 1.57. The minimum absolute atomic E-state index is 0.319. The molecule has 3 N–H and O–H groups in total. The molecule has 79 valence electrons. The van der Waals surface area contributed by atoms with E-state index < -0.39 is 19.5 Å². The molecule has 4 nitrogen and oxygen atoms in total. The van der Waals surface area contributed by atoms with Gasteiger partial charge in [-0.05, 0) is 12.8 Å².